The monoisotopic (exact) mass is 226 g/mol. The second-order valence-corrected chi connectivity index (χ2v) is 3.94. The molecule has 1 aromatic heterocycles. The first-order chi connectivity index (χ1) is 8.36. The third kappa shape index (κ3) is 1.78. The van der Waals surface area contributed by atoms with Crippen molar-refractivity contribution < 1.29 is 9.63 Å². The third-order valence-electron chi connectivity index (χ3n) is 2.77. The molecule has 1 atom stereocenters. The molecule has 0 N–H and O–H groups in total. The lowest BCUT2D eigenvalue weighted by atomic mass is 10.1. The molecule has 1 aliphatic rings. The molecule has 84 valence electrons. The average molecular weight is 226 g/mol. The zero-order valence-electron chi connectivity index (χ0n) is 9.04. The second-order valence-electron chi connectivity index (χ2n) is 3.94. The number of carbonyl (C=O) groups is 1. The van der Waals surface area contributed by atoms with Gasteiger partial charge in [-0.3, -0.25) is 9.78 Å². The fourth-order valence-corrected chi connectivity index (χ4v) is 1.86. The van der Waals surface area contributed by atoms with E-state index in [2.05, 4.69) is 10.1 Å². The number of carbonyl (C=O) groups excluding carboxylic acids is 1. The minimum absolute atomic E-state index is 0.460. The van der Waals surface area contributed by atoms with Crippen molar-refractivity contribution >= 4 is 22.8 Å². The lowest BCUT2D eigenvalue weighted by Gasteiger charge is -2.01. The molecule has 0 saturated heterocycles. The molecule has 2 aromatic rings. The molecule has 1 unspecified atom stereocenters. The Bertz CT molecular complexity index is 607. The van der Waals surface area contributed by atoms with E-state index in [1.54, 1.807) is 6.20 Å². The van der Waals surface area contributed by atoms with Crippen LogP contribution in [0.4, 0.5) is 0 Å². The van der Waals surface area contributed by atoms with Gasteiger partial charge in [0, 0.05) is 18.0 Å². The van der Waals surface area contributed by atoms with Crippen LogP contribution in [-0.4, -0.2) is 23.1 Å². The maximum atomic E-state index is 10.6. The van der Waals surface area contributed by atoms with Crippen LogP contribution < -0.4 is 0 Å². The maximum Gasteiger partial charge on any atom is 0.188 e. The maximum absolute atomic E-state index is 10.6. The van der Waals surface area contributed by atoms with E-state index < -0.39 is 6.10 Å². The molecule has 4 heteroatoms. The number of aromatic nitrogens is 1. The number of fused-ring (bicyclic) bond motifs is 1. The molecule has 0 amide bonds. The number of rotatable bonds is 2. The van der Waals surface area contributed by atoms with E-state index in [9.17, 15) is 4.79 Å². The number of pyridine rings is 1. The van der Waals surface area contributed by atoms with Crippen LogP contribution in [0.1, 0.15) is 12.1 Å². The minimum Gasteiger partial charge on any atom is -0.384 e. The van der Waals surface area contributed by atoms with E-state index in [4.69, 9.17) is 4.84 Å². The van der Waals surface area contributed by atoms with Gasteiger partial charge in [0.25, 0.3) is 0 Å². The molecule has 3 rings (SSSR count). The summed E-state index contributed by atoms with van der Waals surface area (Å²) < 4.78 is 0. The van der Waals surface area contributed by atoms with Crippen LogP contribution in [-0.2, 0) is 9.63 Å². The van der Waals surface area contributed by atoms with E-state index in [1.807, 2.05) is 30.3 Å². The number of aldehydes is 1. The van der Waals surface area contributed by atoms with Crippen LogP contribution in [0.2, 0.25) is 0 Å². The van der Waals surface area contributed by atoms with Crippen molar-refractivity contribution in [3.63, 3.8) is 0 Å². The van der Waals surface area contributed by atoms with Crippen molar-refractivity contribution in [3.8, 4) is 0 Å². The first-order valence-electron chi connectivity index (χ1n) is 5.40. The van der Waals surface area contributed by atoms with E-state index >= 15 is 0 Å². The van der Waals surface area contributed by atoms with Crippen LogP contribution in [0.15, 0.2) is 41.7 Å². The molecule has 0 saturated carbocycles. The van der Waals surface area contributed by atoms with Crippen LogP contribution in [0.3, 0.4) is 0 Å². The van der Waals surface area contributed by atoms with Gasteiger partial charge in [-0.1, -0.05) is 29.4 Å². The van der Waals surface area contributed by atoms with Crippen molar-refractivity contribution in [2.45, 2.75) is 12.5 Å². The Hall–Kier alpha value is -2.23. The van der Waals surface area contributed by atoms with Gasteiger partial charge in [0.05, 0.1) is 5.69 Å². The van der Waals surface area contributed by atoms with Crippen LogP contribution in [0, 0.1) is 0 Å². The summed E-state index contributed by atoms with van der Waals surface area (Å²) in [5, 5.41) is 6.08. The topological polar surface area (TPSA) is 51.5 Å². The van der Waals surface area contributed by atoms with Gasteiger partial charge in [-0.05, 0) is 11.5 Å². The summed E-state index contributed by atoms with van der Waals surface area (Å²) in [6.07, 6.45) is 2.60. The lowest BCUT2D eigenvalue weighted by molar-refractivity contribution is -0.116. The highest BCUT2D eigenvalue weighted by atomic mass is 16.6. The molecule has 1 aromatic carbocycles. The number of oxime groups is 1. The molecule has 0 aliphatic carbocycles. The van der Waals surface area contributed by atoms with Gasteiger partial charge in [-0.15, -0.1) is 0 Å². The summed E-state index contributed by atoms with van der Waals surface area (Å²) in [6, 6.07) is 9.95. The number of hydrogen-bond donors (Lipinski definition) is 0. The molecular weight excluding hydrogens is 216 g/mol. The quantitative estimate of drug-likeness (QED) is 0.735. The SMILES string of the molecule is O=CC1CC(c2cc3ccccc3cn2)=NO1. The van der Waals surface area contributed by atoms with Gasteiger partial charge in [0.2, 0.25) is 0 Å². The zero-order valence-corrected chi connectivity index (χ0v) is 9.04. The summed E-state index contributed by atoms with van der Waals surface area (Å²) in [5.74, 6) is 0. The van der Waals surface area contributed by atoms with E-state index in [0.29, 0.717) is 6.42 Å². The molecule has 0 bridgehead atoms. The highest BCUT2D eigenvalue weighted by molar-refractivity contribution is 6.03. The van der Waals surface area contributed by atoms with Crippen molar-refractivity contribution in [2.75, 3.05) is 0 Å². The van der Waals surface area contributed by atoms with Gasteiger partial charge in [-0.25, -0.2) is 0 Å². The highest BCUT2D eigenvalue weighted by Crippen LogP contribution is 2.18. The molecule has 4 nitrogen and oxygen atoms in total. The number of hydrogen-bond acceptors (Lipinski definition) is 4. The number of nitrogens with zero attached hydrogens (tertiary/aromatic N) is 2. The number of benzene rings is 1. The van der Waals surface area contributed by atoms with Crippen LogP contribution in [0.25, 0.3) is 10.8 Å². The Balaban J connectivity index is 1.99. The molecule has 1 aliphatic heterocycles. The zero-order chi connectivity index (χ0) is 11.7. The van der Waals surface area contributed by atoms with Gasteiger partial charge >= 0.3 is 0 Å². The summed E-state index contributed by atoms with van der Waals surface area (Å²) >= 11 is 0. The van der Waals surface area contributed by atoms with Crippen molar-refractivity contribution in [1.82, 2.24) is 4.98 Å². The molecule has 0 fully saturated rings. The third-order valence-corrected chi connectivity index (χ3v) is 2.77. The van der Waals surface area contributed by atoms with Crippen molar-refractivity contribution in [2.24, 2.45) is 5.16 Å². The van der Waals surface area contributed by atoms with Crippen molar-refractivity contribution in [1.29, 1.82) is 0 Å². The van der Waals surface area contributed by atoms with Gasteiger partial charge in [-0.2, -0.15) is 0 Å². The minimum atomic E-state index is -0.460. The van der Waals surface area contributed by atoms with Gasteiger partial charge < -0.3 is 4.84 Å². The Morgan fingerprint density at radius 3 is 2.88 bits per heavy atom. The van der Waals surface area contributed by atoms with E-state index in [0.717, 1.165) is 28.5 Å². The summed E-state index contributed by atoms with van der Waals surface area (Å²) in [7, 11) is 0. The predicted octanol–water partition coefficient (Wildman–Crippen LogP) is 1.93. The predicted molar refractivity (Wildman–Crippen MR) is 63.8 cm³/mol. The molecule has 0 spiro atoms. The molecule has 0 radical (unpaired) electrons. The van der Waals surface area contributed by atoms with E-state index in [-0.39, 0.29) is 0 Å². The van der Waals surface area contributed by atoms with Gasteiger partial charge in [0.15, 0.2) is 12.4 Å². The average Bonchev–Trinajstić information content (AvgIpc) is 2.87. The van der Waals surface area contributed by atoms with E-state index in [1.165, 1.54) is 0 Å². The molecular formula is C13H10N2O2. The fraction of sp³-hybridized carbons (Fsp3) is 0.154. The largest absolute Gasteiger partial charge is 0.384 e. The Morgan fingerprint density at radius 1 is 1.29 bits per heavy atom. The lowest BCUT2D eigenvalue weighted by Crippen LogP contribution is -2.10. The summed E-state index contributed by atoms with van der Waals surface area (Å²) in [6.45, 7) is 0. The van der Waals surface area contributed by atoms with Crippen LogP contribution in [0.5, 0.6) is 0 Å². The molecule has 2 heterocycles. The second kappa shape index (κ2) is 3.97. The first-order valence-corrected chi connectivity index (χ1v) is 5.40. The Kier molecular flexibility index (Phi) is 2.33. The highest BCUT2D eigenvalue weighted by Gasteiger charge is 2.22. The van der Waals surface area contributed by atoms with Gasteiger partial charge in [0.1, 0.15) is 5.71 Å². The van der Waals surface area contributed by atoms with Crippen LogP contribution >= 0.6 is 0 Å². The standard InChI is InChI=1S/C13H10N2O2/c16-8-11-6-13(15-17-11)12-5-9-3-1-2-4-10(9)7-14-12/h1-5,7-8,11H,6H2. The molecule has 17 heavy (non-hydrogen) atoms. The normalized spacial score (nSPS) is 18.8. The fourth-order valence-electron chi connectivity index (χ4n) is 1.86. The Morgan fingerprint density at radius 2 is 2.12 bits per heavy atom. The van der Waals surface area contributed by atoms with Crippen molar-refractivity contribution in [3.05, 3.63) is 42.2 Å². The summed E-state index contributed by atoms with van der Waals surface area (Å²) in [4.78, 5) is 19.9. The Labute approximate surface area is 97.9 Å². The summed E-state index contributed by atoms with van der Waals surface area (Å²) in [5.41, 5.74) is 1.50. The smallest absolute Gasteiger partial charge is 0.188 e. The first kappa shape index (κ1) is 9.96.